The second-order valence-corrected chi connectivity index (χ2v) is 4.75. The molecule has 2 heterocycles. The monoisotopic (exact) mass is 285 g/mol. The van der Waals surface area contributed by atoms with Crippen molar-refractivity contribution in [3.05, 3.63) is 65.7 Å². The van der Waals surface area contributed by atoms with Gasteiger partial charge in [-0.25, -0.2) is 8.91 Å². The fourth-order valence-electron chi connectivity index (χ4n) is 2.54. The highest BCUT2D eigenvalue weighted by molar-refractivity contribution is 5.57. The lowest BCUT2D eigenvalue weighted by molar-refractivity contribution is 0.386. The zero-order valence-corrected chi connectivity index (χ0v) is 11.9. The highest BCUT2D eigenvalue weighted by atomic mass is 19.1. The highest BCUT2D eigenvalue weighted by Gasteiger charge is 2.18. The minimum Gasteiger partial charge on any atom is -0.494 e. The summed E-state index contributed by atoms with van der Waals surface area (Å²) in [4.78, 5) is 0. The van der Waals surface area contributed by atoms with Gasteiger partial charge in [0.1, 0.15) is 0 Å². The van der Waals surface area contributed by atoms with Crippen LogP contribution in [0.2, 0.25) is 0 Å². The molecule has 0 aliphatic rings. The van der Waals surface area contributed by atoms with Gasteiger partial charge in [-0.3, -0.25) is 0 Å². The SMILES string of the molecule is CNC(c1ccc(OC)c(F)c1)c1cnn2ccccc12. The number of halogens is 1. The van der Waals surface area contributed by atoms with Crippen LogP contribution in [-0.2, 0) is 0 Å². The predicted molar refractivity (Wildman–Crippen MR) is 79.0 cm³/mol. The van der Waals surface area contributed by atoms with E-state index in [0.717, 1.165) is 16.6 Å². The molecule has 0 radical (unpaired) electrons. The second-order valence-electron chi connectivity index (χ2n) is 4.75. The lowest BCUT2D eigenvalue weighted by Crippen LogP contribution is -2.17. The molecule has 0 saturated carbocycles. The van der Waals surface area contributed by atoms with Crippen LogP contribution in [0.1, 0.15) is 17.2 Å². The Balaban J connectivity index is 2.08. The van der Waals surface area contributed by atoms with E-state index in [9.17, 15) is 4.39 Å². The largest absolute Gasteiger partial charge is 0.494 e. The zero-order chi connectivity index (χ0) is 14.8. The third-order valence-electron chi connectivity index (χ3n) is 3.57. The van der Waals surface area contributed by atoms with Crippen LogP contribution in [0.5, 0.6) is 5.75 Å². The number of methoxy groups -OCH3 is 1. The number of nitrogens with one attached hydrogen (secondary N) is 1. The molecule has 0 amide bonds. The lowest BCUT2D eigenvalue weighted by atomic mass is 9.99. The van der Waals surface area contributed by atoms with E-state index in [1.165, 1.54) is 13.2 Å². The van der Waals surface area contributed by atoms with E-state index in [1.54, 1.807) is 16.8 Å². The number of ether oxygens (including phenoxy) is 1. The molecule has 0 aliphatic heterocycles. The molecular weight excluding hydrogens is 269 g/mol. The Morgan fingerprint density at radius 3 is 2.86 bits per heavy atom. The van der Waals surface area contributed by atoms with E-state index in [2.05, 4.69) is 10.4 Å². The topological polar surface area (TPSA) is 38.6 Å². The van der Waals surface area contributed by atoms with Crippen LogP contribution in [0.25, 0.3) is 5.52 Å². The first-order valence-corrected chi connectivity index (χ1v) is 6.67. The van der Waals surface area contributed by atoms with Gasteiger partial charge >= 0.3 is 0 Å². The molecule has 3 rings (SSSR count). The van der Waals surface area contributed by atoms with Crippen molar-refractivity contribution in [2.24, 2.45) is 0 Å². The molecule has 21 heavy (non-hydrogen) atoms. The van der Waals surface area contributed by atoms with Crippen molar-refractivity contribution in [3.63, 3.8) is 0 Å². The lowest BCUT2D eigenvalue weighted by Gasteiger charge is -2.16. The van der Waals surface area contributed by atoms with Crippen molar-refractivity contribution in [1.29, 1.82) is 0 Å². The summed E-state index contributed by atoms with van der Waals surface area (Å²) >= 11 is 0. The van der Waals surface area contributed by atoms with Gasteiger partial charge in [0.2, 0.25) is 0 Å². The minimum absolute atomic E-state index is 0.134. The number of hydrogen-bond acceptors (Lipinski definition) is 3. The summed E-state index contributed by atoms with van der Waals surface area (Å²) in [6.07, 6.45) is 3.69. The minimum atomic E-state index is -0.369. The second kappa shape index (κ2) is 5.54. The molecular formula is C16H16FN3O. The number of aromatic nitrogens is 2. The highest BCUT2D eigenvalue weighted by Crippen LogP contribution is 2.28. The number of pyridine rings is 1. The Hall–Kier alpha value is -2.40. The average Bonchev–Trinajstić information content (AvgIpc) is 2.93. The number of benzene rings is 1. The maximum absolute atomic E-state index is 13.9. The molecule has 2 aromatic heterocycles. The maximum Gasteiger partial charge on any atom is 0.165 e. The Kier molecular flexibility index (Phi) is 3.58. The standard InChI is InChI=1S/C16H16FN3O/c1-18-16(11-6-7-15(21-2)13(17)9-11)12-10-19-20-8-4-3-5-14(12)20/h3-10,16,18H,1-2H3. The van der Waals surface area contributed by atoms with Crippen molar-refractivity contribution < 1.29 is 9.13 Å². The summed E-state index contributed by atoms with van der Waals surface area (Å²) in [7, 11) is 3.30. The fraction of sp³-hybridized carbons (Fsp3) is 0.188. The summed E-state index contributed by atoms with van der Waals surface area (Å²) in [5, 5.41) is 7.54. The summed E-state index contributed by atoms with van der Waals surface area (Å²) in [5.74, 6) is -0.125. The van der Waals surface area contributed by atoms with Crippen LogP contribution in [0.4, 0.5) is 4.39 Å². The molecule has 3 aromatic rings. The first kappa shape index (κ1) is 13.6. The molecule has 0 fully saturated rings. The van der Waals surface area contributed by atoms with Crippen LogP contribution >= 0.6 is 0 Å². The van der Waals surface area contributed by atoms with E-state index < -0.39 is 0 Å². The molecule has 108 valence electrons. The summed E-state index contributed by atoms with van der Waals surface area (Å²) in [6, 6.07) is 10.7. The van der Waals surface area contributed by atoms with Gasteiger partial charge in [0.25, 0.3) is 0 Å². The van der Waals surface area contributed by atoms with Crippen LogP contribution in [0.15, 0.2) is 48.8 Å². The summed E-state index contributed by atoms with van der Waals surface area (Å²) < 4.78 is 20.7. The zero-order valence-electron chi connectivity index (χ0n) is 11.9. The van der Waals surface area contributed by atoms with E-state index >= 15 is 0 Å². The molecule has 0 saturated heterocycles. The third kappa shape index (κ3) is 2.36. The average molecular weight is 285 g/mol. The molecule has 1 atom stereocenters. The molecule has 1 unspecified atom stereocenters. The van der Waals surface area contributed by atoms with Crippen LogP contribution in [0.3, 0.4) is 0 Å². The Morgan fingerprint density at radius 1 is 1.29 bits per heavy atom. The van der Waals surface area contributed by atoms with Gasteiger partial charge in [-0.1, -0.05) is 12.1 Å². The smallest absolute Gasteiger partial charge is 0.165 e. The Morgan fingerprint density at radius 2 is 2.14 bits per heavy atom. The van der Waals surface area contributed by atoms with Gasteiger partial charge in [0, 0.05) is 11.8 Å². The van der Waals surface area contributed by atoms with Crippen molar-refractivity contribution in [1.82, 2.24) is 14.9 Å². The maximum atomic E-state index is 13.9. The quantitative estimate of drug-likeness (QED) is 0.801. The summed E-state index contributed by atoms with van der Waals surface area (Å²) in [5.41, 5.74) is 2.82. The molecule has 0 bridgehead atoms. The fourth-order valence-corrected chi connectivity index (χ4v) is 2.54. The summed E-state index contributed by atoms with van der Waals surface area (Å²) in [6.45, 7) is 0. The van der Waals surface area contributed by atoms with Crippen molar-refractivity contribution in [3.8, 4) is 5.75 Å². The van der Waals surface area contributed by atoms with Crippen LogP contribution in [-0.4, -0.2) is 23.8 Å². The molecule has 5 heteroatoms. The normalized spacial score (nSPS) is 12.5. The Labute approximate surface area is 122 Å². The number of hydrogen-bond donors (Lipinski definition) is 1. The van der Waals surface area contributed by atoms with E-state index in [1.807, 2.05) is 37.5 Å². The predicted octanol–water partition coefficient (Wildman–Crippen LogP) is 2.79. The number of rotatable bonds is 4. The van der Waals surface area contributed by atoms with Gasteiger partial charge in [0.15, 0.2) is 11.6 Å². The van der Waals surface area contributed by atoms with Gasteiger partial charge in [-0.05, 0) is 36.9 Å². The molecule has 1 aromatic carbocycles. The first-order valence-electron chi connectivity index (χ1n) is 6.67. The van der Waals surface area contributed by atoms with Gasteiger partial charge in [-0.15, -0.1) is 0 Å². The first-order chi connectivity index (χ1) is 10.2. The Bertz CT molecular complexity index is 769. The third-order valence-corrected chi connectivity index (χ3v) is 3.57. The van der Waals surface area contributed by atoms with Crippen molar-refractivity contribution in [2.45, 2.75) is 6.04 Å². The van der Waals surface area contributed by atoms with Gasteiger partial charge in [0.05, 0.1) is 24.9 Å². The molecule has 0 aliphatic carbocycles. The van der Waals surface area contributed by atoms with Gasteiger partial charge < -0.3 is 10.1 Å². The molecule has 4 nitrogen and oxygen atoms in total. The van der Waals surface area contributed by atoms with Crippen LogP contribution in [0, 0.1) is 5.82 Å². The number of nitrogens with zero attached hydrogens (tertiary/aromatic N) is 2. The van der Waals surface area contributed by atoms with Gasteiger partial charge in [-0.2, -0.15) is 5.10 Å². The van der Waals surface area contributed by atoms with E-state index in [-0.39, 0.29) is 17.6 Å². The van der Waals surface area contributed by atoms with Crippen LogP contribution < -0.4 is 10.1 Å². The van der Waals surface area contributed by atoms with Crippen molar-refractivity contribution in [2.75, 3.05) is 14.2 Å². The molecule has 0 spiro atoms. The number of fused-ring (bicyclic) bond motifs is 1. The van der Waals surface area contributed by atoms with E-state index in [4.69, 9.17) is 4.74 Å². The van der Waals surface area contributed by atoms with Crippen molar-refractivity contribution >= 4 is 5.52 Å². The van der Waals surface area contributed by atoms with E-state index in [0.29, 0.717) is 0 Å². The molecule has 1 N–H and O–H groups in total.